The molecule has 2 aliphatic carbocycles. The van der Waals surface area contributed by atoms with E-state index in [1.807, 2.05) is 11.8 Å². The summed E-state index contributed by atoms with van der Waals surface area (Å²) in [7, 11) is 0. The van der Waals surface area contributed by atoms with Crippen molar-refractivity contribution in [2.45, 2.75) is 69.9 Å². The summed E-state index contributed by atoms with van der Waals surface area (Å²) in [4.78, 5) is 4.92. The molecule has 1 spiro atoms. The number of aliphatic imine (C=N–C) groups is 1. The molecule has 17 heavy (non-hydrogen) atoms. The molecule has 0 radical (unpaired) electrons. The van der Waals surface area contributed by atoms with Crippen LogP contribution in [0.3, 0.4) is 0 Å². The first-order chi connectivity index (χ1) is 8.27. The van der Waals surface area contributed by atoms with Crippen molar-refractivity contribution in [3.8, 4) is 0 Å². The van der Waals surface area contributed by atoms with Gasteiger partial charge in [-0.1, -0.05) is 37.4 Å². The Bertz CT molecular complexity index is 303. The van der Waals surface area contributed by atoms with Gasteiger partial charge in [0.15, 0.2) is 5.17 Å². The summed E-state index contributed by atoms with van der Waals surface area (Å²) in [5.41, 5.74) is 0.418. The van der Waals surface area contributed by atoms with Crippen molar-refractivity contribution in [1.29, 1.82) is 0 Å². The Labute approximate surface area is 109 Å². The van der Waals surface area contributed by atoms with Gasteiger partial charge in [0, 0.05) is 11.3 Å². The molecule has 1 saturated heterocycles. The lowest BCUT2D eigenvalue weighted by molar-refractivity contribution is 0.272. The third-order valence-corrected chi connectivity index (χ3v) is 6.00. The number of rotatable bonds is 2. The summed E-state index contributed by atoms with van der Waals surface area (Å²) in [5, 5.41) is 5.00. The molecule has 3 heteroatoms. The molecule has 0 aromatic rings. The number of hydrogen-bond donors (Lipinski definition) is 1. The van der Waals surface area contributed by atoms with Crippen LogP contribution in [0.1, 0.15) is 58.3 Å². The lowest BCUT2D eigenvalue weighted by Crippen LogP contribution is -2.45. The fraction of sp³-hybridized carbons (Fsp3) is 0.929. The van der Waals surface area contributed by atoms with E-state index in [2.05, 4.69) is 12.2 Å². The molecule has 2 nitrogen and oxygen atoms in total. The topological polar surface area (TPSA) is 24.4 Å². The molecule has 0 amide bonds. The zero-order valence-corrected chi connectivity index (χ0v) is 11.7. The Morgan fingerprint density at radius 3 is 2.65 bits per heavy atom. The van der Waals surface area contributed by atoms with E-state index in [-0.39, 0.29) is 0 Å². The summed E-state index contributed by atoms with van der Waals surface area (Å²) < 4.78 is 0. The van der Waals surface area contributed by atoms with Gasteiger partial charge in [0.1, 0.15) is 0 Å². The normalized spacial score (nSPS) is 32.4. The third-order valence-electron chi connectivity index (χ3n) is 4.82. The molecule has 3 rings (SSSR count). The zero-order chi connectivity index (χ0) is 11.7. The lowest BCUT2D eigenvalue weighted by atomic mass is 9.81. The van der Waals surface area contributed by atoms with Crippen LogP contribution in [0.15, 0.2) is 4.99 Å². The van der Waals surface area contributed by atoms with Gasteiger partial charge in [-0.2, -0.15) is 0 Å². The van der Waals surface area contributed by atoms with Gasteiger partial charge in [-0.25, -0.2) is 0 Å². The highest BCUT2D eigenvalue weighted by molar-refractivity contribution is 8.14. The summed E-state index contributed by atoms with van der Waals surface area (Å²) in [6.07, 6.45) is 11.2. The van der Waals surface area contributed by atoms with Crippen LogP contribution in [0.4, 0.5) is 0 Å². The lowest BCUT2D eigenvalue weighted by Gasteiger charge is -2.33. The van der Waals surface area contributed by atoms with Crippen LogP contribution in [-0.2, 0) is 0 Å². The summed E-state index contributed by atoms with van der Waals surface area (Å²) in [5.74, 6) is 2.12. The number of nitrogens with zero attached hydrogens (tertiary/aromatic N) is 1. The highest BCUT2D eigenvalue weighted by Crippen LogP contribution is 2.37. The van der Waals surface area contributed by atoms with Crippen LogP contribution >= 0.6 is 11.8 Å². The van der Waals surface area contributed by atoms with Crippen molar-refractivity contribution in [1.82, 2.24) is 5.32 Å². The predicted molar refractivity (Wildman–Crippen MR) is 75.6 cm³/mol. The smallest absolute Gasteiger partial charge is 0.157 e. The maximum atomic E-state index is 4.92. The number of amidine groups is 1. The van der Waals surface area contributed by atoms with Crippen molar-refractivity contribution in [2.24, 2.45) is 10.9 Å². The van der Waals surface area contributed by atoms with Crippen LogP contribution in [0.2, 0.25) is 0 Å². The average molecular weight is 252 g/mol. The van der Waals surface area contributed by atoms with Crippen LogP contribution in [0.25, 0.3) is 0 Å². The van der Waals surface area contributed by atoms with Crippen molar-refractivity contribution in [3.05, 3.63) is 0 Å². The van der Waals surface area contributed by atoms with Crippen LogP contribution < -0.4 is 5.32 Å². The van der Waals surface area contributed by atoms with Crippen molar-refractivity contribution in [3.63, 3.8) is 0 Å². The van der Waals surface area contributed by atoms with Crippen molar-refractivity contribution < 1.29 is 0 Å². The maximum Gasteiger partial charge on any atom is 0.157 e. The van der Waals surface area contributed by atoms with Gasteiger partial charge in [0.05, 0.1) is 6.04 Å². The van der Waals surface area contributed by atoms with Crippen LogP contribution in [-0.4, -0.2) is 22.5 Å². The van der Waals surface area contributed by atoms with E-state index in [0.29, 0.717) is 11.6 Å². The molecular weight excluding hydrogens is 228 g/mol. The Kier molecular flexibility index (Phi) is 3.38. The highest BCUT2D eigenvalue weighted by Gasteiger charge is 2.38. The second-order valence-corrected chi connectivity index (χ2v) is 7.08. The highest BCUT2D eigenvalue weighted by atomic mass is 32.2. The molecule has 1 atom stereocenters. The Morgan fingerprint density at radius 1 is 1.24 bits per heavy atom. The van der Waals surface area contributed by atoms with E-state index < -0.39 is 0 Å². The largest absolute Gasteiger partial charge is 0.359 e. The molecular formula is C14H24N2S. The van der Waals surface area contributed by atoms with Crippen molar-refractivity contribution >= 4 is 16.9 Å². The minimum atomic E-state index is 0.418. The fourth-order valence-corrected chi connectivity index (χ4v) is 4.59. The number of thioether (sulfide) groups is 1. The average Bonchev–Trinajstić information content (AvgIpc) is 2.60. The molecule has 1 N–H and O–H groups in total. The van der Waals surface area contributed by atoms with Gasteiger partial charge in [-0.15, -0.1) is 0 Å². The fourth-order valence-electron chi connectivity index (χ4n) is 3.29. The second kappa shape index (κ2) is 4.83. The first-order valence-corrected chi connectivity index (χ1v) is 8.25. The van der Waals surface area contributed by atoms with Gasteiger partial charge in [0.25, 0.3) is 0 Å². The van der Waals surface area contributed by atoms with Crippen LogP contribution in [0, 0.1) is 5.92 Å². The van der Waals surface area contributed by atoms with Gasteiger partial charge in [-0.3, -0.25) is 4.99 Å². The first-order valence-electron chi connectivity index (χ1n) is 7.26. The van der Waals surface area contributed by atoms with E-state index in [9.17, 15) is 0 Å². The predicted octanol–water partition coefficient (Wildman–Crippen LogP) is 3.57. The number of nitrogens with one attached hydrogen (secondary N) is 1. The molecule has 3 fully saturated rings. The SMILES string of the molecule is CC(N=C1NC2(CCCCC2)CS1)C1CCC1. The van der Waals surface area contributed by atoms with Gasteiger partial charge >= 0.3 is 0 Å². The molecule has 2 saturated carbocycles. The van der Waals surface area contributed by atoms with Gasteiger partial charge in [0.2, 0.25) is 0 Å². The number of hydrogen-bond acceptors (Lipinski definition) is 2. The Balaban J connectivity index is 1.60. The molecule has 0 aromatic heterocycles. The zero-order valence-electron chi connectivity index (χ0n) is 10.9. The monoisotopic (exact) mass is 252 g/mol. The van der Waals surface area contributed by atoms with E-state index in [4.69, 9.17) is 4.99 Å². The van der Waals surface area contributed by atoms with Crippen molar-refractivity contribution in [2.75, 3.05) is 5.75 Å². The third kappa shape index (κ3) is 2.49. The molecule has 96 valence electrons. The minimum Gasteiger partial charge on any atom is -0.359 e. The quantitative estimate of drug-likeness (QED) is 0.812. The second-order valence-electron chi connectivity index (χ2n) is 6.12. The molecule has 1 heterocycles. The Hall–Kier alpha value is -0.180. The summed E-state index contributed by atoms with van der Waals surface area (Å²) in [6, 6.07) is 0.539. The molecule has 0 aromatic carbocycles. The maximum absolute atomic E-state index is 4.92. The Morgan fingerprint density at radius 2 is 2.00 bits per heavy atom. The van der Waals surface area contributed by atoms with E-state index in [1.54, 1.807) is 0 Å². The first kappa shape index (κ1) is 11.9. The minimum absolute atomic E-state index is 0.418. The van der Waals surface area contributed by atoms with Gasteiger partial charge < -0.3 is 5.32 Å². The van der Waals surface area contributed by atoms with E-state index in [0.717, 1.165) is 5.92 Å². The van der Waals surface area contributed by atoms with E-state index in [1.165, 1.54) is 62.3 Å². The molecule has 3 aliphatic rings. The molecule has 1 unspecified atom stereocenters. The summed E-state index contributed by atoms with van der Waals surface area (Å²) in [6.45, 7) is 2.30. The van der Waals surface area contributed by atoms with E-state index >= 15 is 0 Å². The molecule has 0 bridgehead atoms. The molecule has 1 aliphatic heterocycles. The summed E-state index contributed by atoms with van der Waals surface area (Å²) >= 11 is 1.97. The van der Waals surface area contributed by atoms with Gasteiger partial charge in [-0.05, 0) is 38.5 Å². The van der Waals surface area contributed by atoms with Crippen LogP contribution in [0.5, 0.6) is 0 Å². The standard InChI is InChI=1S/C14H24N2S/c1-11(12-6-5-7-12)15-13-16-14(10-17-13)8-3-2-4-9-14/h11-12H,2-10H2,1H3,(H,15,16).